The molecule has 0 aromatic heterocycles. The Balaban J connectivity index is 4.31. The Morgan fingerprint density at radius 2 is 1.75 bits per heavy atom. The summed E-state index contributed by atoms with van der Waals surface area (Å²) in [6.07, 6.45) is 3.44. The molecule has 0 heterocycles. The molecule has 0 nitrogen and oxygen atoms in total. The highest BCUT2D eigenvalue weighted by Crippen LogP contribution is 2.18. The fourth-order valence-corrected chi connectivity index (χ4v) is 1.69. The molecule has 0 amide bonds. The van der Waals surface area contributed by atoms with E-state index in [1.54, 1.807) is 0 Å². The molecule has 12 heavy (non-hydrogen) atoms. The molecule has 0 radical (unpaired) electrons. The number of hydrogen-bond donors (Lipinski definition) is 0. The molecule has 0 aliphatic rings. The van der Waals surface area contributed by atoms with Crippen molar-refractivity contribution in [3.63, 3.8) is 0 Å². The van der Waals surface area contributed by atoms with Crippen molar-refractivity contribution < 1.29 is 0 Å². The van der Waals surface area contributed by atoms with Crippen LogP contribution >= 0.6 is 11.8 Å². The van der Waals surface area contributed by atoms with Gasteiger partial charge in [0.2, 0.25) is 0 Å². The van der Waals surface area contributed by atoms with Crippen molar-refractivity contribution in [2.45, 2.75) is 41.0 Å². The van der Waals surface area contributed by atoms with Gasteiger partial charge in [-0.25, -0.2) is 0 Å². The van der Waals surface area contributed by atoms with E-state index in [1.807, 2.05) is 11.8 Å². The first-order chi connectivity index (χ1) is 5.61. The zero-order valence-electron chi connectivity index (χ0n) is 8.90. The Hall–Kier alpha value is -0.170. The molecule has 0 aromatic carbocycles. The van der Waals surface area contributed by atoms with Crippen LogP contribution in [-0.2, 0) is 0 Å². The molecule has 0 rings (SSSR count). The van der Waals surface area contributed by atoms with E-state index >= 15 is 0 Å². The van der Waals surface area contributed by atoms with Crippen LogP contribution in [0.3, 0.4) is 0 Å². The molecule has 0 aromatic rings. The molecule has 0 atom stereocenters. The van der Waals surface area contributed by atoms with Crippen LogP contribution in [-0.4, -0.2) is 5.75 Å². The highest BCUT2D eigenvalue weighted by atomic mass is 32.2. The second kappa shape index (κ2) is 6.36. The minimum Gasteiger partial charge on any atom is -0.131 e. The Kier molecular flexibility index (Phi) is 6.27. The number of allylic oxidation sites excluding steroid dienone is 4. The minimum atomic E-state index is 1.16. The lowest BCUT2D eigenvalue weighted by Gasteiger charge is -2.02. The molecular weight excluding hydrogens is 164 g/mol. The lowest BCUT2D eigenvalue weighted by atomic mass is 10.1. The third-order valence-electron chi connectivity index (χ3n) is 2.00. The average molecular weight is 184 g/mol. The summed E-state index contributed by atoms with van der Waals surface area (Å²) in [5, 5.41) is 0. The monoisotopic (exact) mass is 184 g/mol. The van der Waals surface area contributed by atoms with Crippen molar-refractivity contribution in [3.8, 4) is 0 Å². The van der Waals surface area contributed by atoms with Gasteiger partial charge in [0.15, 0.2) is 0 Å². The van der Waals surface area contributed by atoms with Gasteiger partial charge in [0, 0.05) is 0 Å². The van der Waals surface area contributed by atoms with E-state index in [-0.39, 0.29) is 0 Å². The zero-order chi connectivity index (χ0) is 9.56. The fourth-order valence-electron chi connectivity index (χ4n) is 0.976. The smallest absolute Gasteiger partial charge is 0.00518 e. The SMILES string of the molecule is CCS/C(C)=C/C(C)=C(/C)CC. The molecule has 0 aliphatic heterocycles. The normalized spacial score (nSPS) is 14.6. The van der Waals surface area contributed by atoms with Crippen LogP contribution in [0.2, 0.25) is 0 Å². The Morgan fingerprint density at radius 1 is 1.17 bits per heavy atom. The molecule has 0 saturated heterocycles. The molecular formula is C11H20S. The topological polar surface area (TPSA) is 0 Å². The van der Waals surface area contributed by atoms with E-state index in [0.717, 1.165) is 6.42 Å². The molecule has 0 saturated carbocycles. The van der Waals surface area contributed by atoms with Gasteiger partial charge in [-0.05, 0) is 37.9 Å². The van der Waals surface area contributed by atoms with Gasteiger partial charge >= 0.3 is 0 Å². The van der Waals surface area contributed by atoms with Gasteiger partial charge in [-0.2, -0.15) is 0 Å². The van der Waals surface area contributed by atoms with Crippen LogP contribution in [0.15, 0.2) is 22.1 Å². The van der Waals surface area contributed by atoms with Gasteiger partial charge in [0.25, 0.3) is 0 Å². The fraction of sp³-hybridized carbons (Fsp3) is 0.636. The maximum Gasteiger partial charge on any atom is -0.00518 e. The minimum absolute atomic E-state index is 1.16. The summed E-state index contributed by atoms with van der Waals surface area (Å²) in [5.74, 6) is 1.17. The van der Waals surface area contributed by atoms with Crippen molar-refractivity contribution in [2.24, 2.45) is 0 Å². The van der Waals surface area contributed by atoms with E-state index in [2.05, 4.69) is 40.7 Å². The third-order valence-corrected chi connectivity index (χ3v) is 2.86. The van der Waals surface area contributed by atoms with Crippen LogP contribution in [0, 0.1) is 0 Å². The molecule has 0 bridgehead atoms. The van der Waals surface area contributed by atoms with Gasteiger partial charge in [-0.3, -0.25) is 0 Å². The summed E-state index contributed by atoms with van der Waals surface area (Å²) < 4.78 is 0. The van der Waals surface area contributed by atoms with Crippen LogP contribution in [0.4, 0.5) is 0 Å². The van der Waals surface area contributed by atoms with Crippen molar-refractivity contribution in [1.82, 2.24) is 0 Å². The summed E-state index contributed by atoms with van der Waals surface area (Å²) in [7, 11) is 0. The lowest BCUT2D eigenvalue weighted by molar-refractivity contribution is 1.07. The lowest BCUT2D eigenvalue weighted by Crippen LogP contribution is -1.80. The standard InChI is InChI=1S/C11H20S/c1-6-9(3)10(4)8-11(5)12-7-2/h8H,6-7H2,1-5H3/b10-9-,11-8+. The molecule has 0 N–H and O–H groups in total. The maximum atomic E-state index is 2.28. The van der Waals surface area contributed by atoms with Crippen LogP contribution in [0.5, 0.6) is 0 Å². The summed E-state index contributed by atoms with van der Waals surface area (Å²) in [6.45, 7) is 11.0. The second-order valence-corrected chi connectivity index (χ2v) is 4.51. The second-order valence-electron chi connectivity index (χ2n) is 3.00. The van der Waals surface area contributed by atoms with Gasteiger partial charge in [-0.15, -0.1) is 11.8 Å². The number of thioether (sulfide) groups is 1. The van der Waals surface area contributed by atoms with E-state index in [1.165, 1.54) is 21.8 Å². The van der Waals surface area contributed by atoms with Gasteiger partial charge in [-0.1, -0.05) is 31.1 Å². The van der Waals surface area contributed by atoms with E-state index in [0.29, 0.717) is 0 Å². The van der Waals surface area contributed by atoms with Crippen LogP contribution in [0.1, 0.15) is 41.0 Å². The van der Waals surface area contributed by atoms with E-state index in [9.17, 15) is 0 Å². The van der Waals surface area contributed by atoms with Crippen molar-refractivity contribution >= 4 is 11.8 Å². The first-order valence-corrected chi connectivity index (χ1v) is 5.57. The molecule has 0 unspecified atom stereocenters. The van der Waals surface area contributed by atoms with Crippen molar-refractivity contribution in [1.29, 1.82) is 0 Å². The van der Waals surface area contributed by atoms with Gasteiger partial charge in [0.1, 0.15) is 0 Å². The predicted octanol–water partition coefficient (Wildman–Crippen LogP) is 4.39. The third kappa shape index (κ3) is 4.66. The Labute approximate surface area is 81.1 Å². The largest absolute Gasteiger partial charge is 0.131 e. The zero-order valence-corrected chi connectivity index (χ0v) is 9.72. The van der Waals surface area contributed by atoms with Crippen molar-refractivity contribution in [2.75, 3.05) is 5.75 Å². The average Bonchev–Trinajstić information content (AvgIpc) is 2.03. The molecule has 1 heteroatoms. The van der Waals surface area contributed by atoms with Crippen molar-refractivity contribution in [3.05, 3.63) is 22.1 Å². The molecule has 0 aliphatic carbocycles. The first kappa shape index (κ1) is 11.8. The summed E-state index contributed by atoms with van der Waals surface area (Å²) in [4.78, 5) is 1.42. The molecule has 0 spiro atoms. The Morgan fingerprint density at radius 3 is 2.17 bits per heavy atom. The van der Waals surface area contributed by atoms with E-state index < -0.39 is 0 Å². The highest BCUT2D eigenvalue weighted by molar-refractivity contribution is 8.03. The molecule has 70 valence electrons. The summed E-state index contributed by atoms with van der Waals surface area (Å²) >= 11 is 1.91. The highest BCUT2D eigenvalue weighted by Gasteiger charge is 1.92. The quantitative estimate of drug-likeness (QED) is 0.584. The first-order valence-electron chi connectivity index (χ1n) is 4.59. The van der Waals surface area contributed by atoms with E-state index in [4.69, 9.17) is 0 Å². The Bertz CT molecular complexity index is 187. The predicted molar refractivity (Wildman–Crippen MR) is 60.6 cm³/mol. The number of rotatable bonds is 4. The number of hydrogen-bond acceptors (Lipinski definition) is 1. The maximum absolute atomic E-state index is 2.28. The summed E-state index contributed by atoms with van der Waals surface area (Å²) in [5.41, 5.74) is 2.92. The van der Waals surface area contributed by atoms with Gasteiger partial charge in [0.05, 0.1) is 0 Å². The molecule has 0 fully saturated rings. The van der Waals surface area contributed by atoms with Gasteiger partial charge < -0.3 is 0 Å². The summed E-state index contributed by atoms with van der Waals surface area (Å²) in [6, 6.07) is 0. The van der Waals surface area contributed by atoms with Crippen LogP contribution < -0.4 is 0 Å². The van der Waals surface area contributed by atoms with Crippen LogP contribution in [0.25, 0.3) is 0 Å².